The van der Waals surface area contributed by atoms with Crippen molar-refractivity contribution < 1.29 is 9.47 Å². The summed E-state index contributed by atoms with van der Waals surface area (Å²) in [5, 5.41) is 0.477. The molecule has 0 spiro atoms. The lowest BCUT2D eigenvalue weighted by atomic mass is 10.3. The van der Waals surface area contributed by atoms with Crippen LogP contribution in [0.15, 0.2) is 45.2 Å². The first kappa shape index (κ1) is 15.4. The number of H-pyrrole nitrogens is 1. The Morgan fingerprint density at radius 1 is 1.38 bits per heavy atom. The molecule has 21 heavy (non-hydrogen) atoms. The van der Waals surface area contributed by atoms with E-state index in [0.29, 0.717) is 11.0 Å². The Hall–Kier alpha value is -1.95. The summed E-state index contributed by atoms with van der Waals surface area (Å²) < 4.78 is 10.9. The molecule has 0 amide bonds. The van der Waals surface area contributed by atoms with Crippen molar-refractivity contribution in [3.63, 3.8) is 0 Å². The summed E-state index contributed by atoms with van der Waals surface area (Å²) in [5.41, 5.74) is -0.235. The van der Waals surface area contributed by atoms with Crippen LogP contribution in [0.5, 0.6) is 11.6 Å². The number of nitrogens with zero attached hydrogens (tertiary/aromatic N) is 1. The van der Waals surface area contributed by atoms with E-state index in [1.54, 1.807) is 7.11 Å². The summed E-state index contributed by atoms with van der Waals surface area (Å²) in [6, 6.07) is 8.92. The van der Waals surface area contributed by atoms with E-state index in [2.05, 4.69) is 9.97 Å². The molecule has 112 valence electrons. The lowest BCUT2D eigenvalue weighted by Gasteiger charge is -2.12. The van der Waals surface area contributed by atoms with Crippen molar-refractivity contribution in [3.05, 3.63) is 40.7 Å². The van der Waals surface area contributed by atoms with Crippen molar-refractivity contribution in [1.82, 2.24) is 9.97 Å². The molecule has 2 rings (SSSR count). The number of rotatable bonds is 6. The van der Waals surface area contributed by atoms with Gasteiger partial charge in [-0.3, -0.25) is 4.79 Å². The van der Waals surface area contributed by atoms with Crippen LogP contribution < -0.4 is 15.0 Å². The van der Waals surface area contributed by atoms with Crippen LogP contribution in [0.4, 0.5) is 0 Å². The molecule has 0 fully saturated rings. The molecule has 1 aromatic carbocycles. The molecule has 1 heterocycles. The lowest BCUT2D eigenvalue weighted by molar-refractivity contribution is 0.206. The van der Waals surface area contributed by atoms with Gasteiger partial charge in [0.25, 0.3) is 5.56 Å². The predicted octanol–water partition coefficient (Wildman–Crippen LogP) is 3.11. The number of methoxy groups -OCH3 is 1. The largest absolute Gasteiger partial charge is 0.496 e. The number of aromatic amines is 1. The molecule has 1 N–H and O–H groups in total. The average Bonchev–Trinajstić information content (AvgIpc) is 2.47. The van der Waals surface area contributed by atoms with Gasteiger partial charge in [-0.2, -0.15) is 4.98 Å². The van der Waals surface area contributed by atoms with Crippen molar-refractivity contribution >= 4 is 11.8 Å². The van der Waals surface area contributed by atoms with Crippen LogP contribution in [0.3, 0.4) is 0 Å². The second-order valence-corrected chi connectivity index (χ2v) is 5.51. The van der Waals surface area contributed by atoms with Crippen molar-refractivity contribution in [1.29, 1.82) is 0 Å². The average molecular weight is 306 g/mol. The number of ether oxygens (including phenoxy) is 2. The number of aromatic nitrogens is 2. The fourth-order valence-corrected chi connectivity index (χ4v) is 2.51. The van der Waals surface area contributed by atoms with Crippen LogP contribution >= 0.6 is 11.8 Å². The van der Waals surface area contributed by atoms with Crippen molar-refractivity contribution in [2.45, 2.75) is 36.4 Å². The molecule has 1 aromatic heterocycles. The molecule has 0 aliphatic heterocycles. The van der Waals surface area contributed by atoms with Crippen LogP contribution in [0.2, 0.25) is 0 Å². The number of nitrogens with one attached hydrogen (secondary N) is 1. The number of benzene rings is 1. The predicted molar refractivity (Wildman–Crippen MR) is 82.4 cm³/mol. The Morgan fingerprint density at radius 3 is 2.86 bits per heavy atom. The molecule has 0 radical (unpaired) electrons. The smallest absolute Gasteiger partial charge is 0.255 e. The Bertz CT molecular complexity index is 657. The maximum Gasteiger partial charge on any atom is 0.255 e. The minimum atomic E-state index is -0.235. The second kappa shape index (κ2) is 7.17. The first-order valence-electron chi connectivity index (χ1n) is 6.71. The molecule has 5 nitrogen and oxygen atoms in total. The molecule has 0 saturated heterocycles. The highest BCUT2D eigenvalue weighted by Gasteiger charge is 2.09. The third-order valence-corrected chi connectivity index (χ3v) is 3.81. The minimum absolute atomic E-state index is 0.0170. The fraction of sp³-hybridized carbons (Fsp3) is 0.333. The van der Waals surface area contributed by atoms with Gasteiger partial charge in [0.05, 0.1) is 24.2 Å². The summed E-state index contributed by atoms with van der Waals surface area (Å²) in [6.07, 6.45) is 0.868. The van der Waals surface area contributed by atoms with E-state index < -0.39 is 0 Å². The Balaban J connectivity index is 2.26. The van der Waals surface area contributed by atoms with E-state index in [-0.39, 0.29) is 11.7 Å². The maximum absolute atomic E-state index is 11.7. The SMILES string of the molecule is CCC(C)Oc1cc(=O)[nH]c(Sc2ccccc2OC)n1. The van der Waals surface area contributed by atoms with E-state index in [1.165, 1.54) is 17.8 Å². The first-order chi connectivity index (χ1) is 10.1. The summed E-state index contributed by atoms with van der Waals surface area (Å²) in [6.45, 7) is 3.96. The molecule has 1 atom stereocenters. The van der Waals surface area contributed by atoms with E-state index in [1.807, 2.05) is 38.1 Å². The minimum Gasteiger partial charge on any atom is -0.496 e. The Labute approximate surface area is 127 Å². The van der Waals surface area contributed by atoms with Crippen LogP contribution in [0.1, 0.15) is 20.3 Å². The van der Waals surface area contributed by atoms with Gasteiger partial charge in [-0.15, -0.1) is 0 Å². The molecule has 6 heteroatoms. The molecular formula is C15H18N2O3S. The molecule has 2 aromatic rings. The zero-order valence-corrected chi connectivity index (χ0v) is 13.1. The van der Waals surface area contributed by atoms with E-state index in [4.69, 9.17) is 9.47 Å². The monoisotopic (exact) mass is 306 g/mol. The van der Waals surface area contributed by atoms with Crippen molar-refractivity contribution in [2.24, 2.45) is 0 Å². The fourth-order valence-electron chi connectivity index (χ4n) is 1.62. The number of para-hydroxylation sites is 1. The van der Waals surface area contributed by atoms with Gasteiger partial charge in [0.2, 0.25) is 5.88 Å². The maximum atomic E-state index is 11.7. The Morgan fingerprint density at radius 2 is 2.14 bits per heavy atom. The van der Waals surface area contributed by atoms with Gasteiger partial charge < -0.3 is 14.5 Å². The van der Waals surface area contributed by atoms with Crippen LogP contribution in [-0.2, 0) is 0 Å². The zero-order valence-electron chi connectivity index (χ0n) is 12.3. The summed E-state index contributed by atoms with van der Waals surface area (Å²) in [5.74, 6) is 1.07. The summed E-state index contributed by atoms with van der Waals surface area (Å²) in [4.78, 5) is 19.6. The highest BCUT2D eigenvalue weighted by molar-refractivity contribution is 7.99. The van der Waals surface area contributed by atoms with E-state index in [9.17, 15) is 4.79 Å². The van der Waals surface area contributed by atoms with E-state index >= 15 is 0 Å². The van der Waals surface area contributed by atoms with Gasteiger partial charge >= 0.3 is 0 Å². The number of hydrogen-bond donors (Lipinski definition) is 1. The van der Waals surface area contributed by atoms with Gasteiger partial charge in [-0.25, -0.2) is 0 Å². The topological polar surface area (TPSA) is 64.2 Å². The van der Waals surface area contributed by atoms with Gasteiger partial charge in [0.15, 0.2) is 5.16 Å². The van der Waals surface area contributed by atoms with Gasteiger partial charge in [-0.1, -0.05) is 19.1 Å². The Kier molecular flexibility index (Phi) is 5.27. The highest BCUT2D eigenvalue weighted by Crippen LogP contribution is 2.32. The number of hydrogen-bond acceptors (Lipinski definition) is 5. The lowest BCUT2D eigenvalue weighted by Crippen LogP contribution is -2.15. The molecule has 0 bridgehead atoms. The molecule has 1 unspecified atom stereocenters. The highest BCUT2D eigenvalue weighted by atomic mass is 32.2. The van der Waals surface area contributed by atoms with Crippen molar-refractivity contribution in [3.8, 4) is 11.6 Å². The van der Waals surface area contributed by atoms with Crippen LogP contribution in [0.25, 0.3) is 0 Å². The third kappa shape index (κ3) is 4.26. The van der Waals surface area contributed by atoms with Gasteiger partial charge in [0.1, 0.15) is 5.75 Å². The standard InChI is InChI=1S/C15H18N2O3S/c1-4-10(2)20-14-9-13(18)16-15(17-14)21-12-8-6-5-7-11(12)19-3/h5-10H,4H2,1-3H3,(H,16,17,18). The first-order valence-corrected chi connectivity index (χ1v) is 7.53. The quantitative estimate of drug-likeness (QED) is 0.831. The van der Waals surface area contributed by atoms with Gasteiger partial charge in [-0.05, 0) is 37.2 Å². The normalized spacial score (nSPS) is 12.0. The third-order valence-electron chi connectivity index (χ3n) is 2.87. The summed E-state index contributed by atoms with van der Waals surface area (Å²) in [7, 11) is 1.61. The van der Waals surface area contributed by atoms with Gasteiger partial charge in [0, 0.05) is 0 Å². The van der Waals surface area contributed by atoms with Crippen LogP contribution in [0, 0.1) is 0 Å². The molecule has 0 saturated carbocycles. The van der Waals surface area contributed by atoms with Crippen LogP contribution in [-0.4, -0.2) is 23.2 Å². The molecular weight excluding hydrogens is 288 g/mol. The second-order valence-electron chi connectivity index (χ2n) is 4.48. The molecule has 0 aliphatic carbocycles. The zero-order chi connectivity index (χ0) is 15.2. The molecule has 0 aliphatic rings. The van der Waals surface area contributed by atoms with E-state index in [0.717, 1.165) is 17.1 Å². The summed E-state index contributed by atoms with van der Waals surface area (Å²) >= 11 is 1.33. The van der Waals surface area contributed by atoms with Crippen molar-refractivity contribution in [2.75, 3.05) is 7.11 Å².